The summed E-state index contributed by atoms with van der Waals surface area (Å²) < 4.78 is 5.77. The predicted molar refractivity (Wildman–Crippen MR) is 46.3 cm³/mol. The van der Waals surface area contributed by atoms with E-state index in [2.05, 4.69) is 19.8 Å². The molecule has 1 aliphatic rings. The second kappa shape index (κ2) is 2.53. The maximum Gasteiger partial charge on any atom is 0.126 e. The minimum atomic E-state index is -0.318. The first kappa shape index (κ1) is 8.62. The van der Waals surface area contributed by atoms with Crippen LogP contribution < -0.4 is 0 Å². The molecule has 0 spiro atoms. The molecule has 0 amide bonds. The van der Waals surface area contributed by atoms with Crippen LogP contribution in [-0.4, -0.2) is 11.2 Å². The zero-order valence-electron chi connectivity index (χ0n) is 7.61. The molecule has 0 aliphatic carbocycles. The van der Waals surface area contributed by atoms with Gasteiger partial charge in [0.2, 0.25) is 0 Å². The van der Waals surface area contributed by atoms with E-state index < -0.39 is 0 Å². The maximum absolute atomic E-state index is 5.77. The Hall–Kier alpha value is -0.480. The molecule has 0 aromatic rings. The Labute approximate surface area is 69.1 Å². The summed E-state index contributed by atoms with van der Waals surface area (Å²) in [5.74, 6) is 2.71. The lowest BCUT2D eigenvalue weighted by atomic mass is 9.88. The summed E-state index contributed by atoms with van der Waals surface area (Å²) in [5.41, 5.74) is -0.346. The molecule has 1 saturated heterocycles. The van der Waals surface area contributed by atoms with Gasteiger partial charge in [-0.05, 0) is 40.0 Å². The number of hydrogen-bond acceptors (Lipinski definition) is 1. The summed E-state index contributed by atoms with van der Waals surface area (Å²) in [4.78, 5) is 0. The fourth-order valence-electron chi connectivity index (χ4n) is 1.66. The van der Waals surface area contributed by atoms with Gasteiger partial charge in [0.15, 0.2) is 0 Å². The van der Waals surface area contributed by atoms with Crippen LogP contribution in [0.15, 0.2) is 0 Å². The molecule has 0 bridgehead atoms. The van der Waals surface area contributed by atoms with Crippen molar-refractivity contribution in [1.82, 2.24) is 0 Å². The summed E-state index contributed by atoms with van der Waals surface area (Å²) in [6.45, 7) is 6.19. The first-order valence-electron chi connectivity index (χ1n) is 4.15. The molecule has 0 unspecified atom stereocenters. The molecule has 1 heterocycles. The molecular formula is C10H16O. The van der Waals surface area contributed by atoms with Crippen LogP contribution in [0.3, 0.4) is 0 Å². The molecule has 0 saturated carbocycles. The van der Waals surface area contributed by atoms with Crippen molar-refractivity contribution < 1.29 is 4.74 Å². The van der Waals surface area contributed by atoms with Crippen LogP contribution in [0, 0.1) is 12.3 Å². The van der Waals surface area contributed by atoms with Crippen molar-refractivity contribution >= 4 is 0 Å². The van der Waals surface area contributed by atoms with Crippen LogP contribution in [0.25, 0.3) is 0 Å². The molecule has 1 nitrogen and oxygen atoms in total. The first-order valence-corrected chi connectivity index (χ1v) is 4.15. The molecule has 1 fully saturated rings. The van der Waals surface area contributed by atoms with Crippen LogP contribution in [0.5, 0.6) is 0 Å². The van der Waals surface area contributed by atoms with Gasteiger partial charge in [-0.1, -0.05) is 5.92 Å². The summed E-state index contributed by atoms with van der Waals surface area (Å²) in [5, 5.41) is 0. The number of hydrogen-bond donors (Lipinski definition) is 0. The molecular weight excluding hydrogens is 136 g/mol. The summed E-state index contributed by atoms with van der Waals surface area (Å²) >= 11 is 0. The molecule has 1 aliphatic heterocycles. The van der Waals surface area contributed by atoms with Crippen LogP contribution >= 0.6 is 0 Å². The highest BCUT2D eigenvalue weighted by atomic mass is 16.5. The SMILES string of the molecule is C#C[C@@]1(C)CCCC(C)(C)O1. The molecule has 0 aromatic carbocycles. The van der Waals surface area contributed by atoms with Gasteiger partial charge in [0, 0.05) is 0 Å². The van der Waals surface area contributed by atoms with Crippen LogP contribution in [-0.2, 0) is 4.74 Å². The van der Waals surface area contributed by atoms with E-state index >= 15 is 0 Å². The van der Waals surface area contributed by atoms with E-state index in [4.69, 9.17) is 11.2 Å². The van der Waals surface area contributed by atoms with E-state index in [0.717, 1.165) is 12.8 Å². The average molecular weight is 152 g/mol. The van der Waals surface area contributed by atoms with Gasteiger partial charge in [0.05, 0.1) is 5.60 Å². The fourth-order valence-corrected chi connectivity index (χ4v) is 1.66. The molecule has 1 rings (SSSR count). The molecule has 1 heteroatoms. The largest absolute Gasteiger partial charge is 0.357 e. The maximum atomic E-state index is 5.77. The normalized spacial score (nSPS) is 36.2. The number of ether oxygens (including phenoxy) is 1. The zero-order valence-corrected chi connectivity index (χ0v) is 7.61. The lowest BCUT2D eigenvalue weighted by molar-refractivity contribution is -0.134. The minimum Gasteiger partial charge on any atom is -0.357 e. The number of rotatable bonds is 0. The summed E-state index contributed by atoms with van der Waals surface area (Å²) in [6, 6.07) is 0. The Balaban J connectivity index is 2.69. The molecule has 1 atom stereocenters. The Morgan fingerprint density at radius 2 is 1.91 bits per heavy atom. The second-order valence-electron chi connectivity index (χ2n) is 4.09. The summed E-state index contributed by atoms with van der Waals surface area (Å²) in [6.07, 6.45) is 8.67. The lowest BCUT2D eigenvalue weighted by Crippen LogP contribution is -2.42. The third-order valence-corrected chi connectivity index (χ3v) is 2.24. The Kier molecular flexibility index (Phi) is 1.98. The van der Waals surface area contributed by atoms with E-state index in [-0.39, 0.29) is 11.2 Å². The van der Waals surface area contributed by atoms with Crippen LogP contribution in [0.2, 0.25) is 0 Å². The lowest BCUT2D eigenvalue weighted by Gasteiger charge is -2.40. The van der Waals surface area contributed by atoms with Crippen LogP contribution in [0.1, 0.15) is 40.0 Å². The molecule has 62 valence electrons. The third kappa shape index (κ3) is 1.97. The zero-order chi connectivity index (χ0) is 8.54. The Morgan fingerprint density at radius 1 is 1.27 bits per heavy atom. The molecule has 0 radical (unpaired) electrons. The highest BCUT2D eigenvalue weighted by molar-refractivity contribution is 5.08. The highest BCUT2D eigenvalue weighted by Crippen LogP contribution is 2.34. The smallest absolute Gasteiger partial charge is 0.126 e. The quantitative estimate of drug-likeness (QED) is 0.484. The van der Waals surface area contributed by atoms with Gasteiger partial charge in [-0.25, -0.2) is 0 Å². The van der Waals surface area contributed by atoms with Gasteiger partial charge in [-0.2, -0.15) is 0 Å². The minimum absolute atomic E-state index is 0.0284. The Morgan fingerprint density at radius 3 is 2.27 bits per heavy atom. The third-order valence-electron chi connectivity index (χ3n) is 2.24. The topological polar surface area (TPSA) is 9.23 Å². The first-order chi connectivity index (χ1) is 4.97. The predicted octanol–water partition coefficient (Wildman–Crippen LogP) is 2.36. The molecule has 0 aromatic heterocycles. The second-order valence-corrected chi connectivity index (χ2v) is 4.09. The standard InChI is InChI=1S/C10H16O/c1-5-10(4)8-6-7-9(2,3)11-10/h1H,6-8H2,2-4H3/t10-/m0/s1. The van der Waals surface area contributed by atoms with Gasteiger partial charge in [0.1, 0.15) is 5.60 Å². The highest BCUT2D eigenvalue weighted by Gasteiger charge is 2.35. The van der Waals surface area contributed by atoms with Gasteiger partial charge < -0.3 is 4.74 Å². The van der Waals surface area contributed by atoms with Gasteiger partial charge >= 0.3 is 0 Å². The van der Waals surface area contributed by atoms with E-state index in [1.807, 2.05) is 6.92 Å². The van der Waals surface area contributed by atoms with Gasteiger partial charge in [0.25, 0.3) is 0 Å². The van der Waals surface area contributed by atoms with Crippen molar-refractivity contribution in [2.24, 2.45) is 0 Å². The van der Waals surface area contributed by atoms with E-state index in [1.165, 1.54) is 6.42 Å². The van der Waals surface area contributed by atoms with Gasteiger partial charge in [-0.3, -0.25) is 0 Å². The monoisotopic (exact) mass is 152 g/mol. The molecule has 11 heavy (non-hydrogen) atoms. The van der Waals surface area contributed by atoms with Crippen molar-refractivity contribution in [2.75, 3.05) is 0 Å². The van der Waals surface area contributed by atoms with E-state index in [0.29, 0.717) is 0 Å². The van der Waals surface area contributed by atoms with Crippen molar-refractivity contribution in [3.63, 3.8) is 0 Å². The van der Waals surface area contributed by atoms with E-state index in [9.17, 15) is 0 Å². The van der Waals surface area contributed by atoms with Crippen molar-refractivity contribution in [3.8, 4) is 12.3 Å². The van der Waals surface area contributed by atoms with Crippen molar-refractivity contribution in [1.29, 1.82) is 0 Å². The van der Waals surface area contributed by atoms with E-state index in [1.54, 1.807) is 0 Å². The van der Waals surface area contributed by atoms with Crippen LogP contribution in [0.4, 0.5) is 0 Å². The average Bonchev–Trinajstić information content (AvgIpc) is 1.85. The summed E-state index contributed by atoms with van der Waals surface area (Å²) in [7, 11) is 0. The fraction of sp³-hybridized carbons (Fsp3) is 0.800. The molecule has 0 N–H and O–H groups in total. The number of terminal acetylenes is 1. The Bertz CT molecular complexity index is 188. The van der Waals surface area contributed by atoms with Crippen molar-refractivity contribution in [2.45, 2.75) is 51.2 Å². The van der Waals surface area contributed by atoms with Gasteiger partial charge in [-0.15, -0.1) is 6.42 Å². The van der Waals surface area contributed by atoms with Crippen molar-refractivity contribution in [3.05, 3.63) is 0 Å².